The SMILES string of the molecule is CC[C@H]1[C@H](CC)[C@H]2C=C[C@H]1C2. The van der Waals surface area contributed by atoms with Crippen LogP contribution >= 0.6 is 0 Å². The molecule has 2 aliphatic carbocycles. The van der Waals surface area contributed by atoms with E-state index in [2.05, 4.69) is 26.0 Å². The van der Waals surface area contributed by atoms with Crippen LogP contribution in [0.5, 0.6) is 0 Å². The summed E-state index contributed by atoms with van der Waals surface area (Å²) in [4.78, 5) is 0. The average molecular weight is 150 g/mol. The Kier molecular flexibility index (Phi) is 1.78. The summed E-state index contributed by atoms with van der Waals surface area (Å²) in [5.41, 5.74) is 0. The molecule has 4 atom stereocenters. The third kappa shape index (κ3) is 0.953. The van der Waals surface area contributed by atoms with Crippen LogP contribution in [0.3, 0.4) is 0 Å². The Morgan fingerprint density at radius 2 is 1.45 bits per heavy atom. The summed E-state index contributed by atoms with van der Waals surface area (Å²) in [7, 11) is 0. The van der Waals surface area contributed by atoms with Crippen molar-refractivity contribution in [2.45, 2.75) is 33.1 Å². The van der Waals surface area contributed by atoms with Crippen molar-refractivity contribution < 1.29 is 0 Å². The number of rotatable bonds is 2. The van der Waals surface area contributed by atoms with Crippen LogP contribution in [0.2, 0.25) is 0 Å². The van der Waals surface area contributed by atoms with Crippen molar-refractivity contribution in [2.24, 2.45) is 23.7 Å². The molecule has 0 unspecified atom stereocenters. The molecule has 0 spiro atoms. The highest BCUT2D eigenvalue weighted by Crippen LogP contribution is 2.50. The van der Waals surface area contributed by atoms with Gasteiger partial charge in [-0.25, -0.2) is 0 Å². The van der Waals surface area contributed by atoms with Crippen LogP contribution < -0.4 is 0 Å². The van der Waals surface area contributed by atoms with E-state index in [9.17, 15) is 0 Å². The lowest BCUT2D eigenvalue weighted by atomic mass is 9.80. The molecule has 1 fully saturated rings. The normalized spacial score (nSPS) is 47.1. The molecule has 1 saturated carbocycles. The fourth-order valence-corrected chi connectivity index (χ4v) is 3.24. The summed E-state index contributed by atoms with van der Waals surface area (Å²) in [6, 6.07) is 0. The van der Waals surface area contributed by atoms with Crippen LogP contribution in [-0.2, 0) is 0 Å². The summed E-state index contributed by atoms with van der Waals surface area (Å²) in [5.74, 6) is 3.95. The van der Waals surface area contributed by atoms with Gasteiger partial charge in [0.15, 0.2) is 0 Å². The van der Waals surface area contributed by atoms with Gasteiger partial charge < -0.3 is 0 Å². The molecule has 0 saturated heterocycles. The van der Waals surface area contributed by atoms with Crippen LogP contribution in [0.15, 0.2) is 12.2 Å². The summed E-state index contributed by atoms with van der Waals surface area (Å²) < 4.78 is 0. The van der Waals surface area contributed by atoms with Crippen LogP contribution in [-0.4, -0.2) is 0 Å². The molecule has 2 rings (SSSR count). The van der Waals surface area contributed by atoms with Gasteiger partial charge in [0.25, 0.3) is 0 Å². The predicted octanol–water partition coefficient (Wildman–Crippen LogP) is 3.24. The largest absolute Gasteiger partial charge is 0.0848 e. The van der Waals surface area contributed by atoms with Gasteiger partial charge in [0.05, 0.1) is 0 Å². The van der Waals surface area contributed by atoms with E-state index in [1.807, 2.05) is 0 Å². The number of allylic oxidation sites excluding steroid dienone is 2. The molecule has 0 heterocycles. The van der Waals surface area contributed by atoms with Crippen LogP contribution in [0, 0.1) is 23.7 Å². The van der Waals surface area contributed by atoms with Crippen LogP contribution in [0.4, 0.5) is 0 Å². The van der Waals surface area contributed by atoms with E-state index >= 15 is 0 Å². The molecular weight excluding hydrogens is 132 g/mol. The number of hydrogen-bond donors (Lipinski definition) is 0. The molecule has 0 aromatic heterocycles. The van der Waals surface area contributed by atoms with Crippen molar-refractivity contribution in [2.75, 3.05) is 0 Å². The number of hydrogen-bond acceptors (Lipinski definition) is 0. The smallest absolute Gasteiger partial charge is 0.0197 e. The Morgan fingerprint density at radius 3 is 1.82 bits per heavy atom. The van der Waals surface area contributed by atoms with Crippen molar-refractivity contribution in [3.05, 3.63) is 12.2 Å². The van der Waals surface area contributed by atoms with Crippen LogP contribution in [0.1, 0.15) is 33.1 Å². The lowest BCUT2D eigenvalue weighted by Crippen LogP contribution is -2.17. The maximum Gasteiger partial charge on any atom is -0.0197 e. The fourth-order valence-electron chi connectivity index (χ4n) is 3.24. The molecule has 0 heteroatoms. The Balaban J connectivity index is 2.15. The van der Waals surface area contributed by atoms with E-state index < -0.39 is 0 Å². The van der Waals surface area contributed by atoms with Gasteiger partial charge in [-0.2, -0.15) is 0 Å². The highest BCUT2D eigenvalue weighted by Gasteiger charge is 2.41. The first-order valence-electron chi connectivity index (χ1n) is 5.05. The highest BCUT2D eigenvalue weighted by atomic mass is 14.5. The second kappa shape index (κ2) is 2.66. The van der Waals surface area contributed by atoms with E-state index in [0.29, 0.717) is 0 Å². The Morgan fingerprint density at radius 1 is 1.00 bits per heavy atom. The van der Waals surface area contributed by atoms with E-state index in [0.717, 1.165) is 23.7 Å². The topological polar surface area (TPSA) is 0 Å². The molecule has 0 aromatic carbocycles. The Hall–Kier alpha value is -0.260. The third-order valence-corrected chi connectivity index (χ3v) is 3.74. The summed E-state index contributed by atoms with van der Waals surface area (Å²) in [6.07, 6.45) is 9.18. The van der Waals surface area contributed by atoms with Gasteiger partial charge in [0, 0.05) is 0 Å². The van der Waals surface area contributed by atoms with Crippen molar-refractivity contribution in [3.63, 3.8) is 0 Å². The van der Waals surface area contributed by atoms with Gasteiger partial charge in [0.1, 0.15) is 0 Å². The van der Waals surface area contributed by atoms with E-state index in [1.54, 1.807) is 0 Å². The standard InChI is InChI=1S/C11H18/c1-3-10-8-5-6-9(7-8)11(10)4-2/h5-6,8-11H,3-4,7H2,1-2H3/t8-,9-,10+,11+/m0/s1. The Bertz CT molecular complexity index is 151. The molecule has 0 radical (unpaired) electrons. The van der Waals surface area contributed by atoms with E-state index in [1.165, 1.54) is 19.3 Å². The van der Waals surface area contributed by atoms with Crippen LogP contribution in [0.25, 0.3) is 0 Å². The van der Waals surface area contributed by atoms with Gasteiger partial charge in [-0.3, -0.25) is 0 Å². The third-order valence-electron chi connectivity index (χ3n) is 3.74. The van der Waals surface area contributed by atoms with E-state index in [-0.39, 0.29) is 0 Å². The quantitative estimate of drug-likeness (QED) is 0.530. The number of fused-ring (bicyclic) bond motifs is 2. The minimum absolute atomic E-state index is 0.954. The zero-order valence-electron chi connectivity index (χ0n) is 7.59. The first-order chi connectivity index (χ1) is 5.36. The highest BCUT2D eigenvalue weighted by molar-refractivity contribution is 5.12. The van der Waals surface area contributed by atoms with Crippen molar-refractivity contribution in [1.29, 1.82) is 0 Å². The maximum atomic E-state index is 2.46. The average Bonchev–Trinajstić information content (AvgIpc) is 2.60. The van der Waals surface area contributed by atoms with Crippen molar-refractivity contribution >= 4 is 0 Å². The lowest BCUT2D eigenvalue weighted by molar-refractivity contribution is 0.292. The summed E-state index contributed by atoms with van der Waals surface area (Å²) >= 11 is 0. The molecular formula is C11H18. The van der Waals surface area contributed by atoms with Gasteiger partial charge in [0.2, 0.25) is 0 Å². The molecule has 0 N–H and O–H groups in total. The molecule has 0 amide bonds. The second-order valence-electron chi connectivity index (χ2n) is 4.09. The fraction of sp³-hybridized carbons (Fsp3) is 0.818. The predicted molar refractivity (Wildman–Crippen MR) is 48.3 cm³/mol. The Labute approximate surface area is 69.7 Å². The van der Waals surface area contributed by atoms with Crippen molar-refractivity contribution in [3.8, 4) is 0 Å². The zero-order chi connectivity index (χ0) is 7.84. The lowest BCUT2D eigenvalue weighted by Gasteiger charge is -2.25. The second-order valence-corrected chi connectivity index (χ2v) is 4.09. The zero-order valence-corrected chi connectivity index (χ0v) is 7.59. The molecule has 11 heavy (non-hydrogen) atoms. The maximum absolute atomic E-state index is 2.46. The monoisotopic (exact) mass is 150 g/mol. The molecule has 2 bridgehead atoms. The summed E-state index contributed by atoms with van der Waals surface area (Å²) in [5, 5.41) is 0. The first kappa shape index (κ1) is 7.39. The molecule has 62 valence electrons. The molecule has 2 aliphatic rings. The summed E-state index contributed by atoms with van der Waals surface area (Å²) in [6.45, 7) is 4.70. The molecule has 0 aromatic rings. The van der Waals surface area contributed by atoms with Gasteiger partial charge in [-0.1, -0.05) is 38.8 Å². The minimum atomic E-state index is 0.954. The van der Waals surface area contributed by atoms with Gasteiger partial charge in [-0.05, 0) is 30.1 Å². The van der Waals surface area contributed by atoms with Gasteiger partial charge >= 0.3 is 0 Å². The minimum Gasteiger partial charge on any atom is -0.0848 e. The van der Waals surface area contributed by atoms with Gasteiger partial charge in [-0.15, -0.1) is 0 Å². The molecule has 0 nitrogen and oxygen atoms in total. The van der Waals surface area contributed by atoms with E-state index in [4.69, 9.17) is 0 Å². The first-order valence-corrected chi connectivity index (χ1v) is 5.05. The van der Waals surface area contributed by atoms with Crippen molar-refractivity contribution in [1.82, 2.24) is 0 Å². The molecule has 0 aliphatic heterocycles.